The molecule has 1 aliphatic heterocycles. The molecule has 1 unspecified atom stereocenters. The van der Waals surface area contributed by atoms with E-state index in [-0.39, 0.29) is 5.37 Å². The Morgan fingerprint density at radius 3 is 2.64 bits per heavy atom. The van der Waals surface area contributed by atoms with Crippen molar-refractivity contribution >= 4 is 17.0 Å². The van der Waals surface area contributed by atoms with Gasteiger partial charge < -0.3 is 4.90 Å². The molecule has 0 bridgehead atoms. The quantitative estimate of drug-likeness (QED) is 0.443. The van der Waals surface area contributed by atoms with Gasteiger partial charge in [-0.3, -0.25) is 4.79 Å². The van der Waals surface area contributed by atoms with E-state index in [9.17, 15) is 4.79 Å². The third kappa shape index (κ3) is 1.86. The molecular weight excluding hydrogens is 162 g/mol. The van der Waals surface area contributed by atoms with Crippen molar-refractivity contribution in [1.29, 1.82) is 0 Å². The number of nitrogens with zero attached hydrogens (tertiary/aromatic N) is 1. The molecule has 1 heterocycles. The van der Waals surface area contributed by atoms with Gasteiger partial charge in [0.25, 0.3) is 0 Å². The van der Waals surface area contributed by atoms with Crippen molar-refractivity contribution in [2.75, 3.05) is 13.1 Å². The van der Waals surface area contributed by atoms with Crippen LogP contribution < -0.4 is 0 Å². The van der Waals surface area contributed by atoms with Gasteiger partial charge in [0.2, 0.25) is 0 Å². The smallest absolute Gasteiger partial charge is 0.316 e. The molecule has 0 radical (unpaired) electrons. The zero-order chi connectivity index (χ0) is 8.48. The number of hydrogen-bond acceptors (Lipinski definition) is 1. The van der Waals surface area contributed by atoms with Crippen LogP contribution in [-0.2, 0) is 0 Å². The summed E-state index contributed by atoms with van der Waals surface area (Å²) in [4.78, 5) is 12.5. The summed E-state index contributed by atoms with van der Waals surface area (Å²) in [6.07, 6.45) is 2.20. The maximum absolute atomic E-state index is 10.7. The molecule has 0 aliphatic carbocycles. The second-order valence-corrected chi connectivity index (χ2v) is 3.91. The first-order valence-electron chi connectivity index (χ1n) is 4.02. The van der Waals surface area contributed by atoms with Crippen LogP contribution in [0.3, 0.4) is 0 Å². The molecule has 0 aromatic carbocycles. The zero-order valence-corrected chi connectivity index (χ0v) is 7.82. The lowest BCUT2D eigenvalue weighted by atomic mass is 9.87. The Hall–Kier alpha value is -0.240. The highest BCUT2D eigenvalue weighted by atomic mass is 35.5. The Morgan fingerprint density at radius 2 is 2.36 bits per heavy atom. The minimum absolute atomic E-state index is 0.304. The third-order valence-corrected chi connectivity index (χ3v) is 2.90. The van der Waals surface area contributed by atoms with Crippen LogP contribution in [0.4, 0.5) is 4.79 Å². The van der Waals surface area contributed by atoms with Crippen LogP contribution in [0.15, 0.2) is 0 Å². The fourth-order valence-corrected chi connectivity index (χ4v) is 1.61. The van der Waals surface area contributed by atoms with Gasteiger partial charge in [0.15, 0.2) is 0 Å². The maximum Gasteiger partial charge on any atom is 0.316 e. The minimum Gasteiger partial charge on any atom is -0.329 e. The summed E-state index contributed by atoms with van der Waals surface area (Å²) in [5.74, 6) is 0. The summed E-state index contributed by atoms with van der Waals surface area (Å²) in [5, 5.41) is -0.304. The monoisotopic (exact) mass is 175 g/mol. The van der Waals surface area contributed by atoms with Gasteiger partial charge in [0.1, 0.15) is 0 Å². The van der Waals surface area contributed by atoms with Gasteiger partial charge in [-0.05, 0) is 29.9 Å². The van der Waals surface area contributed by atoms with Gasteiger partial charge in [-0.1, -0.05) is 13.8 Å². The van der Waals surface area contributed by atoms with Crippen molar-refractivity contribution in [2.24, 2.45) is 5.41 Å². The van der Waals surface area contributed by atoms with E-state index in [2.05, 4.69) is 13.8 Å². The molecule has 2 nitrogen and oxygen atoms in total. The molecular formula is C8H14ClNO. The van der Waals surface area contributed by atoms with Crippen molar-refractivity contribution < 1.29 is 4.79 Å². The van der Waals surface area contributed by atoms with E-state index in [1.807, 2.05) is 0 Å². The Bertz CT molecular complexity index is 171. The van der Waals surface area contributed by atoms with Crippen LogP contribution in [0, 0.1) is 5.41 Å². The van der Waals surface area contributed by atoms with E-state index in [0.717, 1.165) is 25.9 Å². The predicted molar refractivity (Wildman–Crippen MR) is 45.8 cm³/mol. The van der Waals surface area contributed by atoms with Crippen molar-refractivity contribution in [2.45, 2.75) is 26.7 Å². The highest BCUT2D eigenvalue weighted by molar-refractivity contribution is 6.62. The lowest BCUT2D eigenvalue weighted by molar-refractivity contribution is 0.224. The van der Waals surface area contributed by atoms with E-state index in [1.165, 1.54) is 0 Å². The molecule has 3 heteroatoms. The average Bonchev–Trinajstić information content (AvgIpc) is 2.33. The molecule has 1 fully saturated rings. The number of amides is 1. The van der Waals surface area contributed by atoms with Crippen molar-refractivity contribution in [3.63, 3.8) is 0 Å². The number of likely N-dealkylation sites (tertiary alicyclic amines) is 1. The van der Waals surface area contributed by atoms with E-state index in [1.54, 1.807) is 4.90 Å². The van der Waals surface area contributed by atoms with Gasteiger partial charge in [-0.2, -0.15) is 0 Å². The topological polar surface area (TPSA) is 20.3 Å². The normalized spacial score (nSPS) is 31.0. The standard InChI is InChI=1S/C8H14ClNO/c1-3-8(2)4-5-10(6-8)7(9)11/h3-6H2,1-2H3. The molecule has 0 aromatic heterocycles. The van der Waals surface area contributed by atoms with Crippen molar-refractivity contribution in [1.82, 2.24) is 4.90 Å². The van der Waals surface area contributed by atoms with Crippen LogP contribution in [0.2, 0.25) is 0 Å². The summed E-state index contributed by atoms with van der Waals surface area (Å²) in [5.41, 5.74) is 0.310. The lowest BCUT2D eigenvalue weighted by Gasteiger charge is -2.21. The van der Waals surface area contributed by atoms with Crippen molar-refractivity contribution in [3.05, 3.63) is 0 Å². The molecule has 1 rings (SSSR count). The molecule has 64 valence electrons. The first-order chi connectivity index (χ1) is 5.07. The van der Waals surface area contributed by atoms with E-state index in [0.29, 0.717) is 5.41 Å². The first kappa shape index (κ1) is 8.85. The summed E-state index contributed by atoms with van der Waals surface area (Å²) >= 11 is 5.36. The fraction of sp³-hybridized carbons (Fsp3) is 0.875. The van der Waals surface area contributed by atoms with Gasteiger partial charge in [-0.25, -0.2) is 0 Å². The second-order valence-electron chi connectivity index (χ2n) is 3.59. The number of halogens is 1. The Morgan fingerprint density at radius 1 is 1.73 bits per heavy atom. The van der Waals surface area contributed by atoms with Crippen LogP contribution in [0.25, 0.3) is 0 Å². The number of rotatable bonds is 1. The molecule has 0 aromatic rings. The Balaban J connectivity index is 2.53. The molecule has 1 atom stereocenters. The molecule has 0 N–H and O–H groups in total. The molecule has 11 heavy (non-hydrogen) atoms. The number of carbonyl (C=O) groups excluding carboxylic acids is 1. The lowest BCUT2D eigenvalue weighted by Crippen LogP contribution is -2.26. The summed E-state index contributed by atoms with van der Waals surface area (Å²) in [6, 6.07) is 0. The maximum atomic E-state index is 10.7. The zero-order valence-electron chi connectivity index (χ0n) is 7.06. The largest absolute Gasteiger partial charge is 0.329 e. The van der Waals surface area contributed by atoms with Gasteiger partial charge in [0.05, 0.1) is 0 Å². The summed E-state index contributed by atoms with van der Waals surface area (Å²) in [6.45, 7) is 6.01. The number of carbonyl (C=O) groups is 1. The van der Waals surface area contributed by atoms with Crippen LogP contribution >= 0.6 is 11.6 Å². The first-order valence-corrected chi connectivity index (χ1v) is 4.39. The van der Waals surface area contributed by atoms with Crippen LogP contribution in [0.1, 0.15) is 26.7 Å². The van der Waals surface area contributed by atoms with Gasteiger partial charge in [0, 0.05) is 13.1 Å². The molecule has 0 saturated carbocycles. The van der Waals surface area contributed by atoms with Crippen LogP contribution in [-0.4, -0.2) is 23.4 Å². The van der Waals surface area contributed by atoms with E-state index < -0.39 is 0 Å². The fourth-order valence-electron chi connectivity index (χ4n) is 1.46. The minimum atomic E-state index is -0.304. The van der Waals surface area contributed by atoms with E-state index >= 15 is 0 Å². The third-order valence-electron chi connectivity index (χ3n) is 2.66. The SMILES string of the molecule is CCC1(C)CCN(C(=O)Cl)C1. The molecule has 1 amide bonds. The van der Waals surface area contributed by atoms with Crippen molar-refractivity contribution in [3.8, 4) is 0 Å². The summed E-state index contributed by atoms with van der Waals surface area (Å²) < 4.78 is 0. The molecule has 1 saturated heterocycles. The second kappa shape index (κ2) is 3.02. The molecule has 0 spiro atoms. The number of hydrogen-bond donors (Lipinski definition) is 0. The Labute approximate surface area is 72.5 Å². The highest BCUT2D eigenvalue weighted by Crippen LogP contribution is 2.33. The van der Waals surface area contributed by atoms with Crippen LogP contribution in [0.5, 0.6) is 0 Å². The molecule has 1 aliphatic rings. The van der Waals surface area contributed by atoms with Gasteiger partial charge in [-0.15, -0.1) is 0 Å². The Kier molecular flexibility index (Phi) is 2.43. The van der Waals surface area contributed by atoms with Gasteiger partial charge >= 0.3 is 5.37 Å². The predicted octanol–water partition coefficient (Wildman–Crippen LogP) is 2.47. The average molecular weight is 176 g/mol. The van der Waals surface area contributed by atoms with E-state index in [4.69, 9.17) is 11.6 Å². The summed E-state index contributed by atoms with van der Waals surface area (Å²) in [7, 11) is 0. The highest BCUT2D eigenvalue weighted by Gasteiger charge is 2.33.